The number of allylic oxidation sites excluding steroid dienone is 2. The third-order valence-electron chi connectivity index (χ3n) is 15.6. The van der Waals surface area contributed by atoms with E-state index in [0.29, 0.717) is 11.8 Å². The van der Waals surface area contributed by atoms with Gasteiger partial charge in [-0.05, 0) is 135 Å². The highest BCUT2D eigenvalue weighted by Gasteiger charge is 2.40. The molecule has 0 saturated carbocycles. The van der Waals surface area contributed by atoms with Crippen molar-refractivity contribution in [3.63, 3.8) is 0 Å². The molecule has 4 heteroatoms. The average Bonchev–Trinajstić information content (AvgIpc) is 3.93. The van der Waals surface area contributed by atoms with Gasteiger partial charge in [-0.3, -0.25) is 0 Å². The molecule has 2 atom stereocenters. The van der Waals surface area contributed by atoms with Crippen LogP contribution >= 0.6 is 0 Å². The summed E-state index contributed by atoms with van der Waals surface area (Å²) in [7, 11) is 0. The summed E-state index contributed by atoms with van der Waals surface area (Å²) in [5.41, 5.74) is 15.3. The summed E-state index contributed by atoms with van der Waals surface area (Å²) in [5, 5.41) is 9.95. The number of nitrogens with zero attached hydrogens (tertiary/aromatic N) is 2. The van der Waals surface area contributed by atoms with Crippen molar-refractivity contribution in [3.8, 4) is 5.75 Å². The number of anilines is 5. The lowest BCUT2D eigenvalue weighted by molar-refractivity contribution is 0.365. The average molecular weight is 903 g/mol. The topological polar surface area (TPSA) is 28.9 Å². The van der Waals surface area contributed by atoms with E-state index >= 15 is 0 Å². The van der Waals surface area contributed by atoms with Gasteiger partial charge in [-0.1, -0.05) is 159 Å². The van der Waals surface area contributed by atoms with Crippen molar-refractivity contribution >= 4 is 82.7 Å². The molecule has 1 aromatic heterocycles. The Labute approximate surface area is 407 Å². The van der Waals surface area contributed by atoms with Gasteiger partial charge in [0.25, 0.3) is 0 Å². The number of hydrogen-bond acceptors (Lipinski definition) is 4. The molecular weight excluding hydrogens is 841 g/mol. The molecule has 4 nitrogen and oxygen atoms in total. The Bertz CT molecular complexity index is 3630. The highest BCUT2D eigenvalue weighted by molar-refractivity contribution is 6.29. The van der Waals surface area contributed by atoms with E-state index in [9.17, 15) is 0 Å². The Morgan fingerprint density at radius 1 is 0.464 bits per heavy atom. The van der Waals surface area contributed by atoms with Gasteiger partial charge in [0.05, 0.1) is 22.8 Å². The lowest BCUT2D eigenvalue weighted by atomic mass is 9.81. The van der Waals surface area contributed by atoms with Crippen LogP contribution in [0.25, 0.3) is 54.3 Å². The Morgan fingerprint density at radius 3 is 1.61 bits per heavy atom. The lowest BCUT2D eigenvalue weighted by Crippen LogP contribution is -2.29. The normalized spacial score (nSPS) is 16.1. The number of para-hydroxylation sites is 3. The monoisotopic (exact) mass is 902 g/mol. The van der Waals surface area contributed by atoms with Crippen molar-refractivity contribution < 1.29 is 9.15 Å². The highest BCUT2D eigenvalue weighted by atomic mass is 16.5. The zero-order chi connectivity index (χ0) is 47.4. The second-order valence-electron chi connectivity index (χ2n) is 21.2. The van der Waals surface area contributed by atoms with Crippen LogP contribution in [0, 0.1) is 5.92 Å². The van der Waals surface area contributed by atoms with E-state index in [1.165, 1.54) is 71.5 Å². The van der Waals surface area contributed by atoms with E-state index in [2.05, 4.69) is 224 Å². The Morgan fingerprint density at radius 2 is 1.00 bits per heavy atom. The van der Waals surface area contributed by atoms with Crippen LogP contribution in [-0.4, -0.2) is 0 Å². The Hall–Kier alpha value is -7.04. The maximum Gasteiger partial charge on any atom is 0.159 e. The molecule has 10 aromatic rings. The first kappa shape index (κ1) is 43.3. The standard InChI is InChI=1S/C65H62N2O2/c1-37(2)42-22-26-44(27-23-42)66(56-18-14-17-50-46-15-10-12-19-59(46)68-64(50)56)57-35-54(39(5)6)48-32-34-53-58(36-55(40(7)8)49-31-33-52(57)61(48)62(49)53)67(45-28-24-43(25-29-45)38(3)4)63-41(9)21-30-51-47-16-11-13-20-60(47)69-65(51)63/h10-20,22-29,31-41,51H,21,30H2,1-9H3. The predicted molar refractivity (Wildman–Crippen MR) is 292 cm³/mol. The molecule has 344 valence electrons. The summed E-state index contributed by atoms with van der Waals surface area (Å²) >= 11 is 0. The fraction of sp³-hybridized carbons (Fsp3) is 0.262. The Kier molecular flexibility index (Phi) is 10.4. The summed E-state index contributed by atoms with van der Waals surface area (Å²) < 4.78 is 13.9. The van der Waals surface area contributed by atoms with Gasteiger partial charge in [0.1, 0.15) is 17.1 Å². The first-order valence-corrected chi connectivity index (χ1v) is 25.5. The van der Waals surface area contributed by atoms with Crippen LogP contribution in [0.1, 0.15) is 133 Å². The van der Waals surface area contributed by atoms with Gasteiger partial charge >= 0.3 is 0 Å². The molecule has 0 bridgehead atoms. The minimum atomic E-state index is 0.224. The minimum Gasteiger partial charge on any atom is -0.459 e. The molecule has 2 heterocycles. The molecule has 2 aliphatic rings. The molecule has 1 aliphatic carbocycles. The largest absolute Gasteiger partial charge is 0.459 e. The van der Waals surface area contributed by atoms with E-state index in [1.54, 1.807) is 0 Å². The summed E-state index contributed by atoms with van der Waals surface area (Å²) in [6.45, 7) is 20.9. The van der Waals surface area contributed by atoms with Crippen molar-refractivity contribution in [2.75, 3.05) is 9.80 Å². The molecule has 0 radical (unpaired) electrons. The van der Waals surface area contributed by atoms with Crippen molar-refractivity contribution in [1.29, 1.82) is 0 Å². The van der Waals surface area contributed by atoms with Gasteiger partial charge in [-0.2, -0.15) is 0 Å². The van der Waals surface area contributed by atoms with Crippen LogP contribution in [0.15, 0.2) is 168 Å². The molecule has 0 spiro atoms. The van der Waals surface area contributed by atoms with Crippen LogP contribution in [-0.2, 0) is 0 Å². The van der Waals surface area contributed by atoms with Crippen LogP contribution in [0.5, 0.6) is 5.75 Å². The summed E-state index contributed by atoms with van der Waals surface area (Å²) in [4.78, 5) is 5.08. The molecule has 2 unspecified atom stereocenters. The fourth-order valence-corrected chi connectivity index (χ4v) is 11.9. The second kappa shape index (κ2) is 16.6. The maximum atomic E-state index is 7.05. The molecular formula is C65H62N2O2. The van der Waals surface area contributed by atoms with Crippen molar-refractivity contribution in [3.05, 3.63) is 191 Å². The van der Waals surface area contributed by atoms with E-state index in [4.69, 9.17) is 9.15 Å². The van der Waals surface area contributed by atoms with Crippen molar-refractivity contribution in [2.45, 2.75) is 105 Å². The molecule has 9 aromatic carbocycles. The summed E-state index contributed by atoms with van der Waals surface area (Å²) in [6.07, 6.45) is 2.16. The molecule has 0 amide bonds. The van der Waals surface area contributed by atoms with Gasteiger partial charge < -0.3 is 19.0 Å². The fourth-order valence-electron chi connectivity index (χ4n) is 11.9. The second-order valence-corrected chi connectivity index (χ2v) is 21.2. The van der Waals surface area contributed by atoms with Crippen molar-refractivity contribution in [2.24, 2.45) is 5.92 Å². The van der Waals surface area contributed by atoms with Crippen LogP contribution in [0.3, 0.4) is 0 Å². The number of benzene rings is 9. The van der Waals surface area contributed by atoms with E-state index in [-0.39, 0.29) is 23.7 Å². The van der Waals surface area contributed by atoms with E-state index in [0.717, 1.165) is 69.0 Å². The zero-order valence-corrected chi connectivity index (χ0v) is 41.5. The smallest absolute Gasteiger partial charge is 0.159 e. The van der Waals surface area contributed by atoms with E-state index < -0.39 is 0 Å². The van der Waals surface area contributed by atoms with Crippen LogP contribution in [0.2, 0.25) is 0 Å². The van der Waals surface area contributed by atoms with E-state index in [1.807, 2.05) is 0 Å². The highest BCUT2D eigenvalue weighted by Crippen LogP contribution is 2.55. The van der Waals surface area contributed by atoms with Gasteiger partial charge in [0, 0.05) is 50.3 Å². The number of ether oxygens (including phenoxy) is 1. The van der Waals surface area contributed by atoms with Gasteiger partial charge in [-0.25, -0.2) is 0 Å². The third-order valence-corrected chi connectivity index (χ3v) is 15.6. The number of furan rings is 1. The van der Waals surface area contributed by atoms with Gasteiger partial charge in [0.15, 0.2) is 5.58 Å². The first-order chi connectivity index (χ1) is 33.5. The van der Waals surface area contributed by atoms with Crippen LogP contribution in [0.4, 0.5) is 28.4 Å². The molecule has 1 aliphatic heterocycles. The molecule has 0 N–H and O–H groups in total. The van der Waals surface area contributed by atoms with Gasteiger partial charge in [-0.15, -0.1) is 0 Å². The third kappa shape index (κ3) is 6.84. The quantitative estimate of drug-likeness (QED) is 0.128. The Balaban J connectivity index is 1.18. The molecule has 12 rings (SSSR count). The number of rotatable bonds is 10. The lowest BCUT2D eigenvalue weighted by Gasteiger charge is -2.38. The summed E-state index contributed by atoms with van der Waals surface area (Å²) in [6, 6.07) is 57.0. The summed E-state index contributed by atoms with van der Waals surface area (Å²) in [5.74, 6) is 3.96. The molecule has 69 heavy (non-hydrogen) atoms. The zero-order valence-electron chi connectivity index (χ0n) is 41.5. The number of fused-ring (bicyclic) bond motifs is 6. The SMILES string of the molecule is CC1CCC2C(=C1N(c1ccc(C(C)C)cc1)c1cc(C(C)C)c3ccc4c(N(c5ccc(C(C)C)cc5)c5cccc6c5oc5ccccc56)cc(C(C)C)c5ccc1c3c54)Oc1ccccc12. The van der Waals surface area contributed by atoms with Gasteiger partial charge in [0.2, 0.25) is 0 Å². The first-order valence-electron chi connectivity index (χ1n) is 25.5. The molecule has 0 saturated heterocycles. The van der Waals surface area contributed by atoms with Crippen LogP contribution < -0.4 is 14.5 Å². The molecule has 0 fully saturated rings. The maximum absolute atomic E-state index is 7.05. The van der Waals surface area contributed by atoms with Crippen molar-refractivity contribution in [1.82, 2.24) is 0 Å². The number of hydrogen-bond donors (Lipinski definition) is 0. The minimum absolute atomic E-state index is 0.224. The predicted octanol–water partition coefficient (Wildman–Crippen LogP) is 19.4.